The summed E-state index contributed by atoms with van der Waals surface area (Å²) in [6, 6.07) is 12.3. The minimum atomic E-state index is -0.234. The minimum absolute atomic E-state index is 0.0262. The third-order valence-electron chi connectivity index (χ3n) is 4.20. The van der Waals surface area contributed by atoms with Gasteiger partial charge in [0.2, 0.25) is 0 Å². The summed E-state index contributed by atoms with van der Waals surface area (Å²) in [5.74, 6) is -0.234. The van der Waals surface area contributed by atoms with E-state index in [1.165, 1.54) is 12.1 Å². The smallest absolute Gasteiger partial charge is 0.123 e. The molecule has 1 atom stereocenters. The molecule has 0 aliphatic carbocycles. The Kier molecular flexibility index (Phi) is 5.54. The highest BCUT2D eigenvalue weighted by Crippen LogP contribution is 2.37. The van der Waals surface area contributed by atoms with Crippen molar-refractivity contribution < 1.29 is 4.39 Å². The zero-order valence-electron chi connectivity index (χ0n) is 12.7. The third-order valence-corrected chi connectivity index (χ3v) is 5.04. The van der Waals surface area contributed by atoms with E-state index in [0.717, 1.165) is 43.7 Å². The summed E-state index contributed by atoms with van der Waals surface area (Å²) in [5, 5.41) is 4.53. The van der Waals surface area contributed by atoms with E-state index in [1.807, 2.05) is 24.3 Å². The predicted octanol–water partition coefficient (Wildman–Crippen LogP) is 4.52. The zero-order valence-corrected chi connectivity index (χ0v) is 14.2. The first-order valence-electron chi connectivity index (χ1n) is 7.81. The van der Waals surface area contributed by atoms with Crippen LogP contribution in [0, 0.1) is 5.82 Å². The quantitative estimate of drug-likeness (QED) is 0.873. The van der Waals surface area contributed by atoms with Crippen molar-refractivity contribution in [1.29, 1.82) is 0 Å². The molecule has 1 aliphatic heterocycles. The van der Waals surface area contributed by atoms with Gasteiger partial charge in [-0.25, -0.2) is 4.39 Å². The van der Waals surface area contributed by atoms with E-state index in [4.69, 9.17) is 23.2 Å². The van der Waals surface area contributed by atoms with Crippen molar-refractivity contribution in [3.05, 3.63) is 69.5 Å². The first-order chi connectivity index (χ1) is 11.2. The Bertz CT molecular complexity index is 653. The van der Waals surface area contributed by atoms with Crippen LogP contribution in [0.5, 0.6) is 0 Å². The van der Waals surface area contributed by atoms with Crippen LogP contribution in [-0.4, -0.2) is 31.1 Å². The van der Waals surface area contributed by atoms with Gasteiger partial charge in [-0.15, -0.1) is 0 Å². The Morgan fingerprint density at radius 1 is 1.00 bits per heavy atom. The monoisotopic (exact) mass is 352 g/mol. The van der Waals surface area contributed by atoms with Crippen LogP contribution >= 0.6 is 23.2 Å². The average molecular weight is 353 g/mol. The lowest BCUT2D eigenvalue weighted by molar-refractivity contribution is 0.241. The summed E-state index contributed by atoms with van der Waals surface area (Å²) in [5.41, 5.74) is 1.99. The molecule has 1 saturated heterocycles. The fraction of sp³-hybridized carbons (Fsp3) is 0.333. The highest BCUT2D eigenvalue weighted by molar-refractivity contribution is 6.42. The molecule has 1 fully saturated rings. The Labute approximate surface area is 146 Å². The molecule has 0 aromatic heterocycles. The van der Waals surface area contributed by atoms with Gasteiger partial charge in [-0.2, -0.15) is 0 Å². The summed E-state index contributed by atoms with van der Waals surface area (Å²) < 4.78 is 13.3. The molecule has 0 saturated carbocycles. The maximum atomic E-state index is 13.3. The van der Waals surface area contributed by atoms with Crippen molar-refractivity contribution in [3.8, 4) is 0 Å². The molecule has 0 spiro atoms. The van der Waals surface area contributed by atoms with E-state index in [2.05, 4.69) is 10.2 Å². The molecule has 0 radical (unpaired) electrons. The van der Waals surface area contributed by atoms with Gasteiger partial charge in [0, 0.05) is 19.6 Å². The number of hydrogen-bond donors (Lipinski definition) is 1. The topological polar surface area (TPSA) is 15.3 Å². The molecular formula is C18H19Cl2FN2. The van der Waals surface area contributed by atoms with Crippen molar-refractivity contribution in [1.82, 2.24) is 10.2 Å². The highest BCUT2D eigenvalue weighted by Gasteiger charge is 2.25. The van der Waals surface area contributed by atoms with Crippen LogP contribution < -0.4 is 5.32 Å². The lowest BCUT2D eigenvalue weighted by Crippen LogP contribution is -2.33. The van der Waals surface area contributed by atoms with Crippen LogP contribution in [0.4, 0.5) is 4.39 Å². The molecule has 1 unspecified atom stereocenters. The number of benzene rings is 2. The molecule has 1 N–H and O–H groups in total. The van der Waals surface area contributed by atoms with Gasteiger partial charge in [-0.3, -0.25) is 4.90 Å². The van der Waals surface area contributed by atoms with E-state index in [1.54, 1.807) is 6.07 Å². The van der Waals surface area contributed by atoms with Crippen LogP contribution in [0.25, 0.3) is 0 Å². The van der Waals surface area contributed by atoms with Crippen molar-refractivity contribution in [2.24, 2.45) is 0 Å². The molecule has 0 amide bonds. The van der Waals surface area contributed by atoms with Gasteiger partial charge < -0.3 is 5.32 Å². The summed E-state index contributed by atoms with van der Waals surface area (Å²) in [6.45, 7) is 3.80. The van der Waals surface area contributed by atoms with Crippen molar-refractivity contribution >= 4 is 23.2 Å². The van der Waals surface area contributed by atoms with Crippen molar-refractivity contribution in [2.45, 2.75) is 12.5 Å². The maximum absolute atomic E-state index is 13.3. The number of nitrogens with one attached hydrogen (secondary N) is 1. The molecule has 2 nitrogen and oxygen atoms in total. The SMILES string of the molecule is Fc1ccc(C(c2cccc(Cl)c2Cl)N2CCCNCC2)cc1. The fourth-order valence-electron chi connectivity index (χ4n) is 3.09. The Hall–Kier alpha value is -1.13. The molecule has 1 heterocycles. The van der Waals surface area contributed by atoms with Crippen LogP contribution in [0.2, 0.25) is 10.0 Å². The third kappa shape index (κ3) is 3.86. The standard InChI is InChI=1S/C18H19Cl2FN2/c19-16-4-1-3-15(17(16)20)18(13-5-7-14(21)8-6-13)23-11-2-9-22-10-12-23/h1,3-8,18,22H,2,9-12H2. The van der Waals surface area contributed by atoms with Gasteiger partial charge in [0.1, 0.15) is 5.82 Å². The van der Waals surface area contributed by atoms with Crippen LogP contribution in [0.15, 0.2) is 42.5 Å². The van der Waals surface area contributed by atoms with E-state index >= 15 is 0 Å². The van der Waals surface area contributed by atoms with E-state index in [-0.39, 0.29) is 11.9 Å². The number of hydrogen-bond acceptors (Lipinski definition) is 2. The second-order valence-corrected chi connectivity index (χ2v) is 6.52. The molecule has 1 aliphatic rings. The van der Waals surface area contributed by atoms with Crippen molar-refractivity contribution in [3.63, 3.8) is 0 Å². The summed E-state index contributed by atoms with van der Waals surface area (Å²) >= 11 is 12.7. The largest absolute Gasteiger partial charge is 0.315 e. The van der Waals surface area contributed by atoms with E-state index in [0.29, 0.717) is 10.0 Å². The summed E-state index contributed by atoms with van der Waals surface area (Å²) in [7, 11) is 0. The second-order valence-electron chi connectivity index (χ2n) is 5.74. The number of rotatable bonds is 3. The van der Waals surface area contributed by atoms with Crippen LogP contribution in [-0.2, 0) is 0 Å². The van der Waals surface area contributed by atoms with Gasteiger partial charge in [0.05, 0.1) is 16.1 Å². The van der Waals surface area contributed by atoms with E-state index < -0.39 is 0 Å². The van der Waals surface area contributed by atoms with Gasteiger partial charge in [0.15, 0.2) is 0 Å². The number of nitrogens with zero attached hydrogens (tertiary/aromatic N) is 1. The molecular weight excluding hydrogens is 334 g/mol. The number of halogens is 3. The van der Waals surface area contributed by atoms with Crippen molar-refractivity contribution in [2.75, 3.05) is 26.2 Å². The van der Waals surface area contributed by atoms with Crippen LogP contribution in [0.3, 0.4) is 0 Å². The fourth-order valence-corrected chi connectivity index (χ4v) is 3.50. The lowest BCUT2D eigenvalue weighted by Gasteiger charge is -2.32. The van der Waals surface area contributed by atoms with Gasteiger partial charge in [-0.05, 0) is 42.3 Å². The van der Waals surface area contributed by atoms with Gasteiger partial charge >= 0.3 is 0 Å². The lowest BCUT2D eigenvalue weighted by atomic mass is 9.96. The summed E-state index contributed by atoms with van der Waals surface area (Å²) in [4.78, 5) is 2.38. The average Bonchev–Trinajstić information content (AvgIpc) is 2.83. The predicted molar refractivity (Wildman–Crippen MR) is 93.8 cm³/mol. The summed E-state index contributed by atoms with van der Waals surface area (Å²) in [6.07, 6.45) is 1.07. The zero-order chi connectivity index (χ0) is 16.2. The molecule has 2 aromatic rings. The first-order valence-corrected chi connectivity index (χ1v) is 8.56. The molecule has 0 bridgehead atoms. The van der Waals surface area contributed by atoms with Crippen LogP contribution in [0.1, 0.15) is 23.6 Å². The Balaban J connectivity index is 2.05. The molecule has 2 aromatic carbocycles. The normalized spacial score (nSPS) is 17.7. The molecule has 5 heteroatoms. The highest BCUT2D eigenvalue weighted by atomic mass is 35.5. The minimum Gasteiger partial charge on any atom is -0.315 e. The Morgan fingerprint density at radius 3 is 2.57 bits per heavy atom. The molecule has 23 heavy (non-hydrogen) atoms. The maximum Gasteiger partial charge on any atom is 0.123 e. The van der Waals surface area contributed by atoms with E-state index in [9.17, 15) is 4.39 Å². The van der Waals surface area contributed by atoms with Gasteiger partial charge in [0.25, 0.3) is 0 Å². The molecule has 3 rings (SSSR count). The molecule has 122 valence electrons. The second kappa shape index (κ2) is 7.63. The van der Waals surface area contributed by atoms with Gasteiger partial charge in [-0.1, -0.05) is 47.5 Å². The first kappa shape index (κ1) is 16.7. The Morgan fingerprint density at radius 2 is 1.78 bits per heavy atom.